The zero-order valence-electron chi connectivity index (χ0n) is 12.0. The quantitative estimate of drug-likeness (QED) is 0.796. The first-order chi connectivity index (χ1) is 9.52. The van der Waals surface area contributed by atoms with Crippen LogP contribution < -0.4 is 4.74 Å². The number of aryl methyl sites for hydroxylation is 2. The van der Waals surface area contributed by atoms with E-state index in [2.05, 4.69) is 14.8 Å². The molecule has 20 heavy (non-hydrogen) atoms. The van der Waals surface area contributed by atoms with Crippen molar-refractivity contribution in [3.8, 4) is 5.75 Å². The maximum absolute atomic E-state index is 11.3. The van der Waals surface area contributed by atoms with Gasteiger partial charge < -0.3 is 9.47 Å². The highest BCUT2D eigenvalue weighted by Crippen LogP contribution is 2.22. The van der Waals surface area contributed by atoms with Crippen molar-refractivity contribution in [1.82, 2.24) is 14.8 Å². The number of esters is 1. The minimum atomic E-state index is -0.399. The van der Waals surface area contributed by atoms with Gasteiger partial charge in [0.1, 0.15) is 12.3 Å². The average molecular weight is 275 g/mol. The summed E-state index contributed by atoms with van der Waals surface area (Å²) in [4.78, 5) is 15.5. The molecule has 0 unspecified atom stereocenters. The molecule has 0 atom stereocenters. The van der Waals surface area contributed by atoms with Gasteiger partial charge in [0.25, 0.3) is 0 Å². The van der Waals surface area contributed by atoms with Crippen LogP contribution >= 0.6 is 0 Å². The summed E-state index contributed by atoms with van der Waals surface area (Å²) >= 11 is 0. The molecule has 2 rings (SSSR count). The second-order valence-corrected chi connectivity index (χ2v) is 4.44. The number of nitrogens with zero attached hydrogens (tertiary/aromatic N) is 3. The van der Waals surface area contributed by atoms with Gasteiger partial charge in [-0.15, -0.1) is 0 Å². The fourth-order valence-electron chi connectivity index (χ4n) is 1.86. The van der Waals surface area contributed by atoms with Gasteiger partial charge in [0, 0.05) is 13.2 Å². The SMILES string of the molecule is COC(=O)c1ccc(COc2c(C)nn(C)c2C)nc1. The number of carbonyl (C=O) groups is 1. The number of ether oxygens (including phenoxy) is 2. The molecule has 0 amide bonds. The summed E-state index contributed by atoms with van der Waals surface area (Å²) in [5, 5.41) is 4.28. The lowest BCUT2D eigenvalue weighted by Crippen LogP contribution is -2.04. The molecule has 2 aromatic rings. The second kappa shape index (κ2) is 5.73. The topological polar surface area (TPSA) is 66.2 Å². The summed E-state index contributed by atoms with van der Waals surface area (Å²) in [6, 6.07) is 3.41. The van der Waals surface area contributed by atoms with E-state index in [-0.39, 0.29) is 0 Å². The third-order valence-electron chi connectivity index (χ3n) is 3.05. The number of methoxy groups -OCH3 is 1. The smallest absolute Gasteiger partial charge is 0.339 e. The number of aromatic nitrogens is 3. The third-order valence-corrected chi connectivity index (χ3v) is 3.05. The van der Waals surface area contributed by atoms with E-state index in [1.54, 1.807) is 16.8 Å². The summed E-state index contributed by atoms with van der Waals surface area (Å²) in [5.41, 5.74) is 2.97. The minimum absolute atomic E-state index is 0.328. The number of hydrogen-bond acceptors (Lipinski definition) is 5. The Balaban J connectivity index is 2.06. The summed E-state index contributed by atoms with van der Waals surface area (Å²) in [7, 11) is 3.21. The lowest BCUT2D eigenvalue weighted by atomic mass is 10.2. The Bertz CT molecular complexity index is 617. The molecule has 0 N–H and O–H groups in total. The van der Waals surface area contributed by atoms with Gasteiger partial charge >= 0.3 is 5.97 Å². The maximum Gasteiger partial charge on any atom is 0.339 e. The molecule has 0 aliphatic heterocycles. The zero-order valence-corrected chi connectivity index (χ0v) is 12.0. The molecule has 0 aliphatic rings. The fourth-order valence-corrected chi connectivity index (χ4v) is 1.86. The van der Waals surface area contributed by atoms with Crippen LogP contribution in [-0.4, -0.2) is 27.8 Å². The minimum Gasteiger partial charge on any atom is -0.483 e. The van der Waals surface area contributed by atoms with Crippen LogP contribution in [0, 0.1) is 13.8 Å². The number of hydrogen-bond donors (Lipinski definition) is 0. The highest BCUT2D eigenvalue weighted by Gasteiger charge is 2.11. The summed E-state index contributed by atoms with van der Waals surface area (Å²) in [6.45, 7) is 4.17. The van der Waals surface area contributed by atoms with Crippen LogP contribution in [0.1, 0.15) is 27.4 Å². The lowest BCUT2D eigenvalue weighted by molar-refractivity contribution is 0.0600. The zero-order chi connectivity index (χ0) is 14.7. The van der Waals surface area contributed by atoms with Crippen molar-refractivity contribution in [3.05, 3.63) is 41.0 Å². The van der Waals surface area contributed by atoms with E-state index < -0.39 is 5.97 Å². The predicted octanol–water partition coefficient (Wildman–Crippen LogP) is 1.80. The van der Waals surface area contributed by atoms with E-state index in [0.717, 1.165) is 22.8 Å². The van der Waals surface area contributed by atoms with E-state index in [4.69, 9.17) is 4.74 Å². The van der Waals surface area contributed by atoms with Crippen LogP contribution in [0.3, 0.4) is 0 Å². The predicted molar refractivity (Wildman–Crippen MR) is 72.6 cm³/mol. The van der Waals surface area contributed by atoms with Crippen molar-refractivity contribution in [2.24, 2.45) is 7.05 Å². The second-order valence-electron chi connectivity index (χ2n) is 4.44. The van der Waals surface area contributed by atoms with Gasteiger partial charge in [-0.3, -0.25) is 9.67 Å². The molecular weight excluding hydrogens is 258 g/mol. The van der Waals surface area contributed by atoms with E-state index in [1.165, 1.54) is 13.3 Å². The standard InChI is InChI=1S/C14H17N3O3/c1-9-13(10(2)17(3)16-9)20-8-12-6-5-11(7-15-12)14(18)19-4/h5-7H,8H2,1-4H3. The van der Waals surface area contributed by atoms with Crippen LogP contribution in [0.25, 0.3) is 0 Å². The van der Waals surface area contributed by atoms with E-state index in [9.17, 15) is 4.79 Å². The number of rotatable bonds is 4. The first-order valence-electron chi connectivity index (χ1n) is 6.19. The van der Waals surface area contributed by atoms with Gasteiger partial charge in [0.2, 0.25) is 0 Å². The lowest BCUT2D eigenvalue weighted by Gasteiger charge is -2.06. The third kappa shape index (κ3) is 2.79. The van der Waals surface area contributed by atoms with Crippen molar-refractivity contribution >= 4 is 5.97 Å². The molecule has 6 heteroatoms. The van der Waals surface area contributed by atoms with Crippen LogP contribution in [0.2, 0.25) is 0 Å². The molecule has 0 bridgehead atoms. The molecule has 106 valence electrons. The molecule has 0 radical (unpaired) electrons. The Morgan fingerprint density at radius 1 is 1.35 bits per heavy atom. The molecule has 6 nitrogen and oxygen atoms in total. The Morgan fingerprint density at radius 2 is 2.10 bits per heavy atom. The normalized spacial score (nSPS) is 10.4. The van der Waals surface area contributed by atoms with Crippen molar-refractivity contribution in [3.63, 3.8) is 0 Å². The highest BCUT2D eigenvalue weighted by atomic mass is 16.5. The van der Waals surface area contributed by atoms with Crippen LogP contribution in [0.5, 0.6) is 5.75 Å². The molecular formula is C14H17N3O3. The largest absolute Gasteiger partial charge is 0.483 e. The van der Waals surface area contributed by atoms with Crippen molar-refractivity contribution < 1.29 is 14.3 Å². The van der Waals surface area contributed by atoms with Gasteiger partial charge in [0.05, 0.1) is 24.1 Å². The van der Waals surface area contributed by atoms with Crippen LogP contribution in [0.4, 0.5) is 0 Å². The average Bonchev–Trinajstić information content (AvgIpc) is 2.70. The molecule has 0 aliphatic carbocycles. The van der Waals surface area contributed by atoms with E-state index in [1.807, 2.05) is 20.9 Å². The Labute approximate surface area is 117 Å². The van der Waals surface area contributed by atoms with Crippen LogP contribution in [-0.2, 0) is 18.4 Å². The molecule has 0 fully saturated rings. The molecule has 2 heterocycles. The van der Waals surface area contributed by atoms with E-state index in [0.29, 0.717) is 12.2 Å². The number of carbonyl (C=O) groups excluding carboxylic acids is 1. The van der Waals surface area contributed by atoms with E-state index >= 15 is 0 Å². The van der Waals surface area contributed by atoms with Gasteiger partial charge in [-0.2, -0.15) is 5.10 Å². The Hall–Kier alpha value is -2.37. The van der Waals surface area contributed by atoms with Gasteiger partial charge in [-0.25, -0.2) is 4.79 Å². The van der Waals surface area contributed by atoms with Crippen molar-refractivity contribution in [2.45, 2.75) is 20.5 Å². The van der Waals surface area contributed by atoms with Gasteiger partial charge in [-0.05, 0) is 26.0 Å². The maximum atomic E-state index is 11.3. The number of pyridine rings is 1. The van der Waals surface area contributed by atoms with Gasteiger partial charge in [0.15, 0.2) is 5.75 Å². The van der Waals surface area contributed by atoms with Crippen molar-refractivity contribution in [1.29, 1.82) is 0 Å². The Kier molecular flexibility index (Phi) is 4.02. The monoisotopic (exact) mass is 275 g/mol. The Morgan fingerprint density at radius 3 is 2.60 bits per heavy atom. The first kappa shape index (κ1) is 14.0. The molecule has 0 aromatic carbocycles. The summed E-state index contributed by atoms with van der Waals surface area (Å²) in [5.74, 6) is 0.371. The molecule has 0 spiro atoms. The fraction of sp³-hybridized carbons (Fsp3) is 0.357. The summed E-state index contributed by atoms with van der Waals surface area (Å²) < 4.78 is 12.1. The van der Waals surface area contributed by atoms with Crippen LogP contribution in [0.15, 0.2) is 18.3 Å². The molecule has 0 saturated heterocycles. The van der Waals surface area contributed by atoms with Crippen molar-refractivity contribution in [2.75, 3.05) is 7.11 Å². The highest BCUT2D eigenvalue weighted by molar-refractivity contribution is 5.88. The first-order valence-corrected chi connectivity index (χ1v) is 6.19. The molecule has 2 aromatic heterocycles. The van der Waals surface area contributed by atoms with Gasteiger partial charge in [-0.1, -0.05) is 0 Å². The molecule has 0 saturated carbocycles. The summed E-state index contributed by atoms with van der Waals surface area (Å²) in [6.07, 6.45) is 1.48.